The number of methoxy groups -OCH3 is 1. The summed E-state index contributed by atoms with van der Waals surface area (Å²) in [5.74, 6) is -0.0953. The highest BCUT2D eigenvalue weighted by Gasteiger charge is 2.25. The second-order valence-electron chi connectivity index (χ2n) is 4.14. The Bertz CT molecular complexity index is 209. The summed E-state index contributed by atoms with van der Waals surface area (Å²) in [6.45, 7) is 6.15. The van der Waals surface area contributed by atoms with Gasteiger partial charge in [-0.1, -0.05) is 6.92 Å². The van der Waals surface area contributed by atoms with Crippen LogP contribution in [-0.4, -0.2) is 62.1 Å². The Morgan fingerprint density at radius 3 is 2.67 bits per heavy atom. The molecule has 4 nitrogen and oxygen atoms in total. The largest absolute Gasteiger partial charge is 0.468 e. The van der Waals surface area contributed by atoms with Gasteiger partial charge in [-0.2, -0.15) is 0 Å². The molecular formula is C11H22N2O2. The summed E-state index contributed by atoms with van der Waals surface area (Å²) in [5.41, 5.74) is 0. The number of carbonyl (C=O) groups excluding carboxylic acids is 1. The summed E-state index contributed by atoms with van der Waals surface area (Å²) in [6.07, 6.45) is 1.96. The van der Waals surface area contributed by atoms with Crippen LogP contribution in [0.5, 0.6) is 0 Å². The van der Waals surface area contributed by atoms with E-state index in [2.05, 4.69) is 16.8 Å². The monoisotopic (exact) mass is 214 g/mol. The Kier molecular flexibility index (Phi) is 5.05. The van der Waals surface area contributed by atoms with Crippen molar-refractivity contribution in [2.45, 2.75) is 25.8 Å². The number of nitrogens with zero attached hydrogens (tertiary/aromatic N) is 2. The summed E-state index contributed by atoms with van der Waals surface area (Å²) >= 11 is 0. The van der Waals surface area contributed by atoms with E-state index in [1.807, 2.05) is 6.92 Å². The van der Waals surface area contributed by atoms with Crippen LogP contribution in [0.2, 0.25) is 0 Å². The van der Waals surface area contributed by atoms with Crippen molar-refractivity contribution in [3.05, 3.63) is 0 Å². The first-order chi connectivity index (χ1) is 7.19. The van der Waals surface area contributed by atoms with Crippen LogP contribution in [-0.2, 0) is 9.53 Å². The molecular weight excluding hydrogens is 192 g/mol. The Morgan fingerprint density at radius 2 is 2.07 bits per heavy atom. The first-order valence-corrected chi connectivity index (χ1v) is 5.69. The van der Waals surface area contributed by atoms with Crippen LogP contribution in [0.15, 0.2) is 0 Å². The average Bonchev–Trinajstić information content (AvgIpc) is 2.45. The van der Waals surface area contributed by atoms with E-state index in [1.165, 1.54) is 7.11 Å². The Morgan fingerprint density at radius 1 is 1.33 bits per heavy atom. The van der Waals surface area contributed by atoms with Crippen molar-refractivity contribution < 1.29 is 9.53 Å². The molecule has 0 saturated carbocycles. The van der Waals surface area contributed by atoms with E-state index >= 15 is 0 Å². The minimum Gasteiger partial charge on any atom is -0.468 e. The summed E-state index contributed by atoms with van der Waals surface area (Å²) in [6, 6.07) is -0.0542. The Balaban J connectivity index is 2.55. The summed E-state index contributed by atoms with van der Waals surface area (Å²) in [5, 5.41) is 0. The Hall–Kier alpha value is -0.610. The number of hydrogen-bond acceptors (Lipinski definition) is 4. The minimum atomic E-state index is -0.0953. The lowest BCUT2D eigenvalue weighted by molar-refractivity contribution is -0.147. The second kappa shape index (κ2) is 6.08. The summed E-state index contributed by atoms with van der Waals surface area (Å²) < 4.78 is 4.83. The summed E-state index contributed by atoms with van der Waals surface area (Å²) in [4.78, 5) is 16.1. The van der Waals surface area contributed by atoms with Crippen LogP contribution in [0.4, 0.5) is 0 Å². The predicted molar refractivity (Wildman–Crippen MR) is 59.8 cm³/mol. The molecule has 1 fully saturated rings. The smallest absolute Gasteiger partial charge is 0.323 e. The van der Waals surface area contributed by atoms with Gasteiger partial charge in [0.05, 0.1) is 7.11 Å². The molecule has 1 rings (SSSR count). The molecule has 0 radical (unpaired) electrons. The SMILES string of the molecule is CCC(C(=O)OC)N1CCCN(C)CC1. The number of rotatable bonds is 3. The van der Waals surface area contributed by atoms with E-state index in [4.69, 9.17) is 4.74 Å². The zero-order valence-corrected chi connectivity index (χ0v) is 10.0. The fraction of sp³-hybridized carbons (Fsp3) is 0.909. The molecule has 0 aromatic heterocycles. The highest BCUT2D eigenvalue weighted by molar-refractivity contribution is 5.75. The van der Waals surface area contributed by atoms with Gasteiger partial charge in [-0.15, -0.1) is 0 Å². The molecule has 88 valence electrons. The molecule has 4 heteroatoms. The molecule has 1 unspecified atom stereocenters. The van der Waals surface area contributed by atoms with Crippen molar-refractivity contribution in [1.82, 2.24) is 9.80 Å². The highest BCUT2D eigenvalue weighted by Crippen LogP contribution is 2.10. The van der Waals surface area contributed by atoms with Gasteiger partial charge >= 0.3 is 5.97 Å². The second-order valence-corrected chi connectivity index (χ2v) is 4.14. The highest BCUT2D eigenvalue weighted by atomic mass is 16.5. The normalized spacial score (nSPS) is 22.1. The van der Waals surface area contributed by atoms with Crippen molar-refractivity contribution in [1.29, 1.82) is 0 Å². The van der Waals surface area contributed by atoms with Crippen molar-refractivity contribution >= 4 is 5.97 Å². The van der Waals surface area contributed by atoms with Gasteiger partial charge in [-0.25, -0.2) is 0 Å². The maximum atomic E-state index is 11.6. The van der Waals surface area contributed by atoms with E-state index < -0.39 is 0 Å². The fourth-order valence-electron chi connectivity index (χ4n) is 2.09. The lowest BCUT2D eigenvalue weighted by Crippen LogP contribution is -2.43. The van der Waals surface area contributed by atoms with Crippen LogP contribution in [0.3, 0.4) is 0 Å². The van der Waals surface area contributed by atoms with E-state index in [1.54, 1.807) is 0 Å². The molecule has 1 atom stereocenters. The van der Waals surface area contributed by atoms with Crippen LogP contribution in [0.1, 0.15) is 19.8 Å². The first kappa shape index (κ1) is 12.5. The van der Waals surface area contributed by atoms with Gasteiger partial charge < -0.3 is 9.64 Å². The fourth-order valence-corrected chi connectivity index (χ4v) is 2.09. The van der Waals surface area contributed by atoms with Gasteiger partial charge in [-0.05, 0) is 26.4 Å². The molecule has 0 aromatic rings. The average molecular weight is 214 g/mol. The topological polar surface area (TPSA) is 32.8 Å². The number of likely N-dealkylation sites (N-methyl/N-ethyl adjacent to an activating group) is 1. The molecule has 15 heavy (non-hydrogen) atoms. The number of hydrogen-bond donors (Lipinski definition) is 0. The molecule has 1 aliphatic heterocycles. The third-order valence-corrected chi connectivity index (χ3v) is 3.05. The first-order valence-electron chi connectivity index (χ1n) is 5.69. The molecule has 0 aliphatic carbocycles. The van der Waals surface area contributed by atoms with Gasteiger partial charge in [-0.3, -0.25) is 9.69 Å². The molecule has 0 amide bonds. The van der Waals surface area contributed by atoms with Crippen LogP contribution >= 0.6 is 0 Å². The quantitative estimate of drug-likeness (QED) is 0.643. The zero-order valence-electron chi connectivity index (χ0n) is 10.0. The molecule has 1 aliphatic rings. The molecule has 0 aromatic carbocycles. The molecule has 1 saturated heterocycles. The molecule has 1 heterocycles. The summed E-state index contributed by atoms with van der Waals surface area (Å²) in [7, 11) is 3.59. The van der Waals surface area contributed by atoms with Crippen LogP contribution < -0.4 is 0 Å². The lowest BCUT2D eigenvalue weighted by atomic mass is 10.2. The van der Waals surface area contributed by atoms with Gasteiger partial charge in [0.1, 0.15) is 6.04 Å². The van der Waals surface area contributed by atoms with Gasteiger partial charge in [0.25, 0.3) is 0 Å². The molecule has 0 spiro atoms. The van der Waals surface area contributed by atoms with E-state index in [0.29, 0.717) is 0 Å². The number of esters is 1. The number of carbonyl (C=O) groups is 1. The Labute approximate surface area is 92.2 Å². The van der Waals surface area contributed by atoms with E-state index in [9.17, 15) is 4.79 Å². The number of ether oxygens (including phenoxy) is 1. The minimum absolute atomic E-state index is 0.0542. The predicted octanol–water partition coefficient (Wildman–Crippen LogP) is 0.576. The maximum absolute atomic E-state index is 11.6. The van der Waals surface area contributed by atoms with E-state index in [0.717, 1.165) is 39.0 Å². The van der Waals surface area contributed by atoms with Gasteiger partial charge in [0, 0.05) is 19.6 Å². The van der Waals surface area contributed by atoms with Crippen molar-refractivity contribution in [2.24, 2.45) is 0 Å². The van der Waals surface area contributed by atoms with Crippen molar-refractivity contribution in [3.8, 4) is 0 Å². The van der Waals surface area contributed by atoms with Gasteiger partial charge in [0.2, 0.25) is 0 Å². The van der Waals surface area contributed by atoms with Crippen LogP contribution in [0, 0.1) is 0 Å². The lowest BCUT2D eigenvalue weighted by Gasteiger charge is -2.27. The van der Waals surface area contributed by atoms with E-state index in [-0.39, 0.29) is 12.0 Å². The standard InChI is InChI=1S/C11H22N2O2/c1-4-10(11(14)15-3)13-7-5-6-12(2)8-9-13/h10H,4-9H2,1-3H3. The third kappa shape index (κ3) is 3.47. The van der Waals surface area contributed by atoms with Gasteiger partial charge in [0.15, 0.2) is 0 Å². The maximum Gasteiger partial charge on any atom is 0.323 e. The van der Waals surface area contributed by atoms with Crippen LogP contribution in [0.25, 0.3) is 0 Å². The third-order valence-electron chi connectivity index (χ3n) is 3.05. The zero-order chi connectivity index (χ0) is 11.3. The molecule has 0 bridgehead atoms. The molecule has 0 N–H and O–H groups in total. The van der Waals surface area contributed by atoms with Crippen molar-refractivity contribution in [2.75, 3.05) is 40.3 Å². The van der Waals surface area contributed by atoms with Crippen molar-refractivity contribution in [3.63, 3.8) is 0 Å².